The molecule has 4 nitrogen and oxygen atoms in total. The normalized spacial score (nSPS) is 21.9. The molecule has 2 rings (SSSR count). The molecule has 0 fully saturated rings. The zero-order valence-electron chi connectivity index (χ0n) is 13.3. The fourth-order valence-electron chi connectivity index (χ4n) is 2.18. The van der Waals surface area contributed by atoms with Crippen molar-refractivity contribution in [1.29, 1.82) is 0 Å². The van der Waals surface area contributed by atoms with Gasteiger partial charge in [-0.2, -0.15) is 0 Å². The van der Waals surface area contributed by atoms with Gasteiger partial charge in [0.25, 0.3) is 0 Å². The van der Waals surface area contributed by atoms with Gasteiger partial charge in [-0.05, 0) is 24.3 Å². The molecule has 2 aliphatic heterocycles. The predicted octanol–water partition coefficient (Wildman–Crippen LogP) is 2.01. The van der Waals surface area contributed by atoms with Gasteiger partial charge in [0.2, 0.25) is 0 Å². The molecule has 0 aromatic heterocycles. The molecule has 0 saturated carbocycles. The maximum absolute atomic E-state index is 2.22. The summed E-state index contributed by atoms with van der Waals surface area (Å²) >= 11 is 0. The van der Waals surface area contributed by atoms with Crippen molar-refractivity contribution in [3.8, 4) is 0 Å². The number of rotatable bonds is 2. The van der Waals surface area contributed by atoms with Crippen LogP contribution in [-0.2, 0) is 0 Å². The molecule has 20 heavy (non-hydrogen) atoms. The third-order valence-electron chi connectivity index (χ3n) is 3.56. The van der Waals surface area contributed by atoms with E-state index in [0.29, 0.717) is 0 Å². The average Bonchev–Trinajstić information content (AvgIpc) is 2.39. The van der Waals surface area contributed by atoms with Crippen molar-refractivity contribution in [3.63, 3.8) is 0 Å². The Labute approximate surface area is 122 Å². The second-order valence-corrected chi connectivity index (χ2v) is 5.55. The minimum Gasteiger partial charge on any atom is -0.378 e. The molecule has 0 aromatic carbocycles. The summed E-state index contributed by atoms with van der Waals surface area (Å²) in [6, 6.07) is 0. The van der Waals surface area contributed by atoms with Crippen LogP contribution in [0.3, 0.4) is 0 Å². The van der Waals surface area contributed by atoms with Crippen LogP contribution in [0.5, 0.6) is 0 Å². The van der Waals surface area contributed by atoms with Crippen LogP contribution >= 0.6 is 0 Å². The van der Waals surface area contributed by atoms with Crippen LogP contribution in [0.15, 0.2) is 59.5 Å². The first-order chi connectivity index (χ1) is 9.40. The molecule has 2 aliphatic rings. The Morgan fingerprint density at radius 3 is 1.35 bits per heavy atom. The molecule has 0 saturated heterocycles. The van der Waals surface area contributed by atoms with E-state index in [4.69, 9.17) is 0 Å². The molecule has 4 heteroatoms. The molecule has 0 spiro atoms. The van der Waals surface area contributed by atoms with E-state index < -0.39 is 0 Å². The summed E-state index contributed by atoms with van der Waals surface area (Å²) in [6.45, 7) is 0. The molecule has 0 radical (unpaired) electrons. The Hall–Kier alpha value is -2.10. The Kier molecular flexibility index (Phi) is 3.93. The molecular formula is C16H24N4. The van der Waals surface area contributed by atoms with E-state index >= 15 is 0 Å². The second-order valence-electron chi connectivity index (χ2n) is 5.55. The Bertz CT molecular complexity index is 485. The summed E-state index contributed by atoms with van der Waals surface area (Å²) < 4.78 is 0. The lowest BCUT2D eigenvalue weighted by atomic mass is 10.1. The standard InChI is InChI=1S/C16H24N4/c1-17(2)13-7-9-19(5)15(11-13)16-12-14(18(3)4)8-10-20(16)6/h7-12H,1-6H3. The fourth-order valence-corrected chi connectivity index (χ4v) is 2.18. The van der Waals surface area contributed by atoms with Crippen molar-refractivity contribution in [3.05, 3.63) is 59.5 Å². The smallest absolute Gasteiger partial charge is 0.0666 e. The van der Waals surface area contributed by atoms with Crippen LogP contribution in [0.2, 0.25) is 0 Å². The second kappa shape index (κ2) is 5.49. The number of nitrogens with zero attached hydrogens (tertiary/aromatic N) is 4. The van der Waals surface area contributed by atoms with Gasteiger partial charge in [-0.25, -0.2) is 0 Å². The number of allylic oxidation sites excluding steroid dienone is 4. The van der Waals surface area contributed by atoms with Gasteiger partial charge in [-0.15, -0.1) is 0 Å². The summed E-state index contributed by atoms with van der Waals surface area (Å²) in [4.78, 5) is 8.56. The summed E-state index contributed by atoms with van der Waals surface area (Å²) in [5.41, 5.74) is 4.80. The minimum atomic E-state index is 1.20. The predicted molar refractivity (Wildman–Crippen MR) is 84.4 cm³/mol. The molecule has 2 heterocycles. The first-order valence-corrected chi connectivity index (χ1v) is 6.74. The molecule has 0 aromatic rings. The van der Waals surface area contributed by atoms with Gasteiger partial charge in [0.05, 0.1) is 11.4 Å². The minimum absolute atomic E-state index is 1.20. The van der Waals surface area contributed by atoms with E-state index in [2.05, 4.69) is 98.6 Å². The highest BCUT2D eigenvalue weighted by molar-refractivity contribution is 5.44. The molecule has 108 valence electrons. The molecule has 0 amide bonds. The van der Waals surface area contributed by atoms with E-state index in [0.717, 1.165) is 0 Å². The maximum atomic E-state index is 2.22. The van der Waals surface area contributed by atoms with Crippen LogP contribution in [0.25, 0.3) is 0 Å². The summed E-state index contributed by atoms with van der Waals surface area (Å²) in [6.07, 6.45) is 12.9. The average molecular weight is 272 g/mol. The van der Waals surface area contributed by atoms with Crippen molar-refractivity contribution in [2.75, 3.05) is 42.3 Å². The molecule has 0 N–H and O–H groups in total. The van der Waals surface area contributed by atoms with Gasteiger partial charge in [0.15, 0.2) is 0 Å². The lowest BCUT2D eigenvalue weighted by Gasteiger charge is -2.31. The zero-order valence-corrected chi connectivity index (χ0v) is 13.3. The van der Waals surface area contributed by atoms with Gasteiger partial charge in [-0.3, -0.25) is 0 Å². The third-order valence-corrected chi connectivity index (χ3v) is 3.56. The van der Waals surface area contributed by atoms with Crippen molar-refractivity contribution in [2.45, 2.75) is 0 Å². The number of hydrogen-bond acceptors (Lipinski definition) is 4. The van der Waals surface area contributed by atoms with Gasteiger partial charge in [-0.1, -0.05) is 0 Å². The van der Waals surface area contributed by atoms with Gasteiger partial charge >= 0.3 is 0 Å². The van der Waals surface area contributed by atoms with E-state index in [1.54, 1.807) is 0 Å². The van der Waals surface area contributed by atoms with Crippen molar-refractivity contribution in [2.24, 2.45) is 0 Å². The SMILES string of the molecule is CN(C)C1=CC(=C2C=C(N(C)C)C=CN2C)N(C)C=C1. The third kappa shape index (κ3) is 2.74. The van der Waals surface area contributed by atoms with Crippen molar-refractivity contribution < 1.29 is 0 Å². The highest BCUT2D eigenvalue weighted by atomic mass is 15.2. The summed E-state index contributed by atoms with van der Waals surface area (Å²) in [5, 5.41) is 0. The Morgan fingerprint density at radius 1 is 0.700 bits per heavy atom. The zero-order chi connectivity index (χ0) is 14.9. The number of hydrogen-bond donors (Lipinski definition) is 0. The highest BCUT2D eigenvalue weighted by Crippen LogP contribution is 2.26. The van der Waals surface area contributed by atoms with E-state index in [9.17, 15) is 0 Å². The molecule has 0 bridgehead atoms. The quantitative estimate of drug-likeness (QED) is 0.762. The van der Waals surface area contributed by atoms with Crippen molar-refractivity contribution >= 4 is 0 Å². The topological polar surface area (TPSA) is 13.0 Å². The Balaban J connectivity index is 2.49. The maximum Gasteiger partial charge on any atom is 0.0666 e. The molecule has 0 atom stereocenters. The highest BCUT2D eigenvalue weighted by Gasteiger charge is 2.17. The van der Waals surface area contributed by atoms with Crippen LogP contribution in [0, 0.1) is 0 Å². The van der Waals surface area contributed by atoms with Crippen molar-refractivity contribution in [1.82, 2.24) is 19.6 Å². The first-order valence-electron chi connectivity index (χ1n) is 6.74. The summed E-state index contributed by atoms with van der Waals surface area (Å²) in [7, 11) is 12.4. The van der Waals surface area contributed by atoms with E-state index in [-0.39, 0.29) is 0 Å². The lowest BCUT2D eigenvalue weighted by molar-refractivity contribution is 0.472. The van der Waals surface area contributed by atoms with E-state index in [1.807, 2.05) is 0 Å². The molecule has 0 aliphatic carbocycles. The van der Waals surface area contributed by atoms with Gasteiger partial charge in [0, 0.05) is 66.1 Å². The fraction of sp³-hybridized carbons (Fsp3) is 0.375. The van der Waals surface area contributed by atoms with Crippen LogP contribution in [0.4, 0.5) is 0 Å². The van der Waals surface area contributed by atoms with Crippen LogP contribution in [0.1, 0.15) is 0 Å². The van der Waals surface area contributed by atoms with E-state index in [1.165, 1.54) is 22.8 Å². The lowest BCUT2D eigenvalue weighted by Crippen LogP contribution is -2.25. The van der Waals surface area contributed by atoms with Gasteiger partial charge in [0.1, 0.15) is 0 Å². The molecular weight excluding hydrogens is 248 g/mol. The summed E-state index contributed by atoms with van der Waals surface area (Å²) in [5.74, 6) is 0. The monoisotopic (exact) mass is 272 g/mol. The largest absolute Gasteiger partial charge is 0.378 e. The Morgan fingerprint density at radius 2 is 1.05 bits per heavy atom. The molecule has 0 unspecified atom stereocenters. The van der Waals surface area contributed by atoms with Crippen LogP contribution < -0.4 is 0 Å². The first kappa shape index (κ1) is 14.3. The number of likely N-dealkylation sites (N-methyl/N-ethyl adjacent to an activating group) is 4. The van der Waals surface area contributed by atoms with Gasteiger partial charge < -0.3 is 19.6 Å². The van der Waals surface area contributed by atoms with Crippen LogP contribution in [-0.4, -0.2) is 61.9 Å².